The van der Waals surface area contributed by atoms with Crippen LogP contribution in [-0.4, -0.2) is 28.3 Å². The highest BCUT2D eigenvalue weighted by Gasteiger charge is 2.19. The molecule has 0 aromatic heterocycles. The van der Waals surface area contributed by atoms with E-state index in [0.29, 0.717) is 0 Å². The van der Waals surface area contributed by atoms with Gasteiger partial charge >= 0.3 is 5.91 Å². The van der Waals surface area contributed by atoms with Crippen molar-refractivity contribution in [3.05, 3.63) is 11.4 Å². The standard InChI is InChI=1S/C5H7NO3/c1-3(7)4(8)5(9)6-2/h3-4,7-8H,1H3. The van der Waals surface area contributed by atoms with Gasteiger partial charge in [-0.2, -0.15) is 4.85 Å². The average molecular weight is 129 g/mol. The zero-order valence-corrected chi connectivity index (χ0v) is 4.90. The van der Waals surface area contributed by atoms with Crippen LogP contribution in [0.4, 0.5) is 0 Å². The average Bonchev–Trinajstić information content (AvgIpc) is 1.84. The first-order valence-corrected chi connectivity index (χ1v) is 2.37. The molecule has 2 unspecified atom stereocenters. The first-order chi connectivity index (χ1) is 4.09. The summed E-state index contributed by atoms with van der Waals surface area (Å²) in [6.45, 7) is 7.38. The first kappa shape index (κ1) is 8.08. The molecule has 0 heterocycles. The Labute approximate surface area is 52.6 Å². The smallest absolute Gasteiger partial charge is 0.386 e. The molecule has 0 aliphatic rings. The maximum atomic E-state index is 10.2. The molecule has 0 aliphatic carbocycles. The Morgan fingerprint density at radius 1 is 1.67 bits per heavy atom. The van der Waals surface area contributed by atoms with Gasteiger partial charge in [-0.3, -0.25) is 0 Å². The summed E-state index contributed by atoms with van der Waals surface area (Å²) >= 11 is 0. The number of hydrogen-bond acceptors (Lipinski definition) is 3. The maximum absolute atomic E-state index is 10.2. The monoisotopic (exact) mass is 129 g/mol. The molecule has 50 valence electrons. The van der Waals surface area contributed by atoms with Gasteiger partial charge in [0.2, 0.25) is 0 Å². The van der Waals surface area contributed by atoms with Crippen molar-refractivity contribution in [3.63, 3.8) is 0 Å². The molecule has 0 saturated carbocycles. The number of carbonyl (C=O) groups excluding carboxylic acids is 1. The van der Waals surface area contributed by atoms with Crippen LogP contribution in [0.15, 0.2) is 0 Å². The van der Waals surface area contributed by atoms with Crippen molar-refractivity contribution < 1.29 is 15.0 Å². The maximum Gasteiger partial charge on any atom is 0.386 e. The van der Waals surface area contributed by atoms with Crippen molar-refractivity contribution in [1.82, 2.24) is 0 Å². The largest absolute Gasteiger partial charge is 0.393 e. The number of rotatable bonds is 2. The van der Waals surface area contributed by atoms with Gasteiger partial charge in [0.25, 0.3) is 0 Å². The molecule has 0 spiro atoms. The van der Waals surface area contributed by atoms with Crippen LogP contribution in [-0.2, 0) is 4.79 Å². The summed E-state index contributed by atoms with van der Waals surface area (Å²) in [5.41, 5.74) is 0. The Bertz CT molecular complexity index is 147. The third-order valence-electron chi connectivity index (χ3n) is 0.820. The van der Waals surface area contributed by atoms with E-state index in [1.165, 1.54) is 6.92 Å². The van der Waals surface area contributed by atoms with Crippen LogP contribution in [0.1, 0.15) is 6.92 Å². The van der Waals surface area contributed by atoms with Gasteiger partial charge in [-0.25, -0.2) is 0 Å². The topological polar surface area (TPSA) is 61.9 Å². The van der Waals surface area contributed by atoms with Crippen LogP contribution in [0.5, 0.6) is 0 Å². The molecular formula is C5H7NO3. The molecule has 9 heavy (non-hydrogen) atoms. The molecule has 0 bridgehead atoms. The van der Waals surface area contributed by atoms with E-state index < -0.39 is 18.1 Å². The minimum atomic E-state index is -1.55. The minimum absolute atomic E-state index is 1.02. The molecule has 0 fully saturated rings. The van der Waals surface area contributed by atoms with Gasteiger partial charge in [0, 0.05) is 0 Å². The molecule has 0 aliphatic heterocycles. The number of amides is 1. The summed E-state index contributed by atoms with van der Waals surface area (Å²) in [6, 6.07) is 0. The molecule has 0 saturated heterocycles. The molecule has 0 radical (unpaired) electrons. The lowest BCUT2D eigenvalue weighted by Gasteiger charge is -2.05. The fourth-order valence-corrected chi connectivity index (χ4v) is 0.272. The molecule has 4 nitrogen and oxygen atoms in total. The summed E-state index contributed by atoms with van der Waals surface area (Å²) in [4.78, 5) is 12.6. The van der Waals surface area contributed by atoms with Crippen LogP contribution in [0.2, 0.25) is 0 Å². The van der Waals surface area contributed by atoms with E-state index in [-0.39, 0.29) is 0 Å². The molecule has 2 N–H and O–H groups in total. The number of nitrogens with zero attached hydrogens (tertiary/aromatic N) is 1. The van der Waals surface area contributed by atoms with E-state index in [9.17, 15) is 4.79 Å². The van der Waals surface area contributed by atoms with E-state index in [1.807, 2.05) is 0 Å². The second-order valence-corrected chi connectivity index (χ2v) is 1.64. The molecule has 2 atom stereocenters. The number of aliphatic hydroxyl groups is 2. The van der Waals surface area contributed by atoms with Crippen molar-refractivity contribution in [1.29, 1.82) is 0 Å². The van der Waals surface area contributed by atoms with E-state index in [4.69, 9.17) is 16.8 Å². The lowest BCUT2D eigenvalue weighted by molar-refractivity contribution is -0.127. The van der Waals surface area contributed by atoms with Gasteiger partial charge in [-0.1, -0.05) is 0 Å². The minimum Gasteiger partial charge on any atom is -0.393 e. The third kappa shape index (κ3) is 2.22. The van der Waals surface area contributed by atoms with Gasteiger partial charge in [0.1, 0.15) is 0 Å². The molecule has 0 aromatic carbocycles. The number of aliphatic hydroxyl groups excluding tert-OH is 2. The zero-order chi connectivity index (χ0) is 7.44. The Kier molecular flexibility index (Phi) is 2.85. The molecule has 1 amide bonds. The molecule has 0 rings (SSSR count). The Hall–Kier alpha value is -0.920. The summed E-state index contributed by atoms with van der Waals surface area (Å²) in [5, 5.41) is 17.1. The van der Waals surface area contributed by atoms with Gasteiger partial charge in [0.05, 0.1) is 12.7 Å². The van der Waals surface area contributed by atoms with Crippen LogP contribution in [0, 0.1) is 6.57 Å². The van der Waals surface area contributed by atoms with Crippen molar-refractivity contribution >= 4 is 5.91 Å². The Morgan fingerprint density at radius 3 is 2.22 bits per heavy atom. The quantitative estimate of drug-likeness (QED) is 0.478. The van der Waals surface area contributed by atoms with Crippen LogP contribution in [0.25, 0.3) is 4.85 Å². The fourth-order valence-electron chi connectivity index (χ4n) is 0.272. The van der Waals surface area contributed by atoms with Crippen molar-refractivity contribution in [2.75, 3.05) is 0 Å². The second kappa shape index (κ2) is 3.17. The number of hydrogen-bond donors (Lipinski definition) is 2. The second-order valence-electron chi connectivity index (χ2n) is 1.64. The summed E-state index contributed by atoms with van der Waals surface area (Å²) in [5.74, 6) is -1.02. The Balaban J connectivity index is 3.92. The molecule has 4 heteroatoms. The first-order valence-electron chi connectivity index (χ1n) is 2.37. The van der Waals surface area contributed by atoms with Crippen LogP contribution < -0.4 is 0 Å². The van der Waals surface area contributed by atoms with E-state index in [2.05, 4.69) is 4.85 Å². The zero-order valence-electron chi connectivity index (χ0n) is 4.90. The van der Waals surface area contributed by atoms with Crippen molar-refractivity contribution in [3.8, 4) is 0 Å². The normalized spacial score (nSPS) is 15.8. The SMILES string of the molecule is [C-]#[N+]C(=O)C(O)C(C)O. The van der Waals surface area contributed by atoms with Gasteiger partial charge in [-0.05, 0) is 6.92 Å². The van der Waals surface area contributed by atoms with Gasteiger partial charge in [-0.15, -0.1) is 0 Å². The molecular weight excluding hydrogens is 122 g/mol. The van der Waals surface area contributed by atoms with Crippen molar-refractivity contribution in [2.24, 2.45) is 0 Å². The predicted octanol–water partition coefficient (Wildman–Crippen LogP) is -0.826. The fraction of sp³-hybridized carbons (Fsp3) is 0.600. The van der Waals surface area contributed by atoms with Crippen LogP contribution >= 0.6 is 0 Å². The lowest BCUT2D eigenvalue weighted by Crippen LogP contribution is -2.29. The number of carbonyl (C=O) groups is 1. The van der Waals surface area contributed by atoms with Crippen molar-refractivity contribution in [2.45, 2.75) is 19.1 Å². The predicted molar refractivity (Wildman–Crippen MR) is 29.3 cm³/mol. The van der Waals surface area contributed by atoms with Gasteiger partial charge < -0.3 is 15.0 Å². The van der Waals surface area contributed by atoms with E-state index >= 15 is 0 Å². The third-order valence-corrected chi connectivity index (χ3v) is 0.820. The highest BCUT2D eigenvalue weighted by Crippen LogP contribution is 1.93. The summed E-state index contributed by atoms with van der Waals surface area (Å²) in [6.07, 6.45) is -2.71. The highest BCUT2D eigenvalue weighted by atomic mass is 16.3. The van der Waals surface area contributed by atoms with E-state index in [1.54, 1.807) is 0 Å². The lowest BCUT2D eigenvalue weighted by atomic mass is 10.2. The van der Waals surface area contributed by atoms with E-state index in [0.717, 1.165) is 0 Å². The van der Waals surface area contributed by atoms with Gasteiger partial charge in [0.15, 0.2) is 6.10 Å². The molecule has 0 aromatic rings. The highest BCUT2D eigenvalue weighted by molar-refractivity contribution is 5.89. The van der Waals surface area contributed by atoms with Crippen LogP contribution in [0.3, 0.4) is 0 Å². The Morgan fingerprint density at radius 2 is 2.11 bits per heavy atom. The summed E-state index contributed by atoms with van der Waals surface area (Å²) < 4.78 is 0. The summed E-state index contributed by atoms with van der Waals surface area (Å²) in [7, 11) is 0.